The summed E-state index contributed by atoms with van der Waals surface area (Å²) in [4.78, 5) is 39.9. The average Bonchev–Trinajstić information content (AvgIpc) is 2.91. The van der Waals surface area contributed by atoms with E-state index in [1.54, 1.807) is 47.6 Å². The maximum absolute atomic E-state index is 14.5. The van der Waals surface area contributed by atoms with Gasteiger partial charge < -0.3 is 10.2 Å². The van der Waals surface area contributed by atoms with Gasteiger partial charge in [0.25, 0.3) is 11.8 Å². The minimum Gasteiger partial charge on any atom is -0.351 e. The lowest BCUT2D eigenvalue weighted by Crippen LogP contribution is -2.57. The number of nitrogens with one attached hydrogen (secondary N) is 1. The van der Waals surface area contributed by atoms with Crippen molar-refractivity contribution in [2.45, 2.75) is 56.2 Å². The van der Waals surface area contributed by atoms with Crippen molar-refractivity contribution in [1.29, 1.82) is 0 Å². The third-order valence-electron chi connectivity index (χ3n) is 7.06. The van der Waals surface area contributed by atoms with Crippen molar-refractivity contribution >= 4 is 35.1 Å². The second kappa shape index (κ2) is 11.2. The smallest absolute Gasteiger partial charge is 0.252 e. The third-order valence-corrected chi connectivity index (χ3v) is 7.41. The first kappa shape index (κ1) is 26.9. The average molecular weight is 558 g/mol. The molecule has 1 saturated carbocycles. The summed E-state index contributed by atoms with van der Waals surface area (Å²) in [7, 11) is 0. The molecule has 1 N–H and O–H groups in total. The number of hydrogen-bond acceptors (Lipinski definition) is 5. The number of alkyl halides is 2. The summed E-state index contributed by atoms with van der Waals surface area (Å²) in [6, 6.07) is 10.7. The van der Waals surface area contributed by atoms with Gasteiger partial charge in [-0.25, -0.2) is 23.1 Å². The highest BCUT2D eigenvalue weighted by Crippen LogP contribution is 2.39. The van der Waals surface area contributed by atoms with Gasteiger partial charge >= 0.3 is 0 Å². The highest BCUT2D eigenvalue weighted by Gasteiger charge is 2.48. The number of hydrogen-bond donors (Lipinski definition) is 1. The van der Waals surface area contributed by atoms with Gasteiger partial charge in [0.2, 0.25) is 11.9 Å². The molecular weight excluding hydrogens is 531 g/mol. The normalized spacial score (nSPS) is 19.6. The molecule has 39 heavy (non-hydrogen) atoms. The molecule has 1 aliphatic carbocycles. The van der Waals surface area contributed by atoms with Crippen LogP contribution in [0.25, 0.3) is 0 Å². The number of halogens is 4. The first-order chi connectivity index (χ1) is 18.7. The molecule has 0 unspecified atom stereocenters. The highest BCUT2D eigenvalue weighted by atomic mass is 35.5. The molecule has 2 fully saturated rings. The summed E-state index contributed by atoms with van der Waals surface area (Å²) in [5.41, 5.74) is 0.428. The topological polar surface area (TPSA) is 78.4 Å². The van der Waals surface area contributed by atoms with Crippen molar-refractivity contribution in [1.82, 2.24) is 15.3 Å². The highest BCUT2D eigenvalue weighted by molar-refractivity contribution is 6.31. The van der Waals surface area contributed by atoms with Crippen LogP contribution in [0.1, 0.15) is 43.7 Å². The van der Waals surface area contributed by atoms with Crippen molar-refractivity contribution in [3.8, 4) is 0 Å². The zero-order chi connectivity index (χ0) is 27.6. The Labute approximate surface area is 229 Å². The standard InChI is InChI=1S/C28H27ClF3N5O2/c29-22-10-2-1-9-21(22)24(25(38)35-19-16-28(31,32)17-19)37(20-8-5-7-18(30)15-20)26(39)23-11-3-4-14-36(23)27-33-12-6-13-34-27/h1-2,5-10,12-13,15,19,23-24H,3-4,11,14,16-17H2,(H,35,38)/t23-,24-/m0/s1. The third kappa shape index (κ3) is 5.85. The quantitative estimate of drug-likeness (QED) is 0.426. The SMILES string of the molecule is O=C(NC1CC(F)(F)C1)[C@H](c1ccccc1Cl)N(C(=O)[C@@H]1CCCCN1c1ncccn1)c1cccc(F)c1. The van der Waals surface area contributed by atoms with E-state index in [1.165, 1.54) is 29.2 Å². The fourth-order valence-electron chi connectivity index (χ4n) is 5.20. The molecule has 0 bridgehead atoms. The number of piperidine rings is 1. The number of carbonyl (C=O) groups excluding carboxylic acids is 2. The van der Waals surface area contributed by atoms with E-state index in [4.69, 9.17) is 11.6 Å². The van der Waals surface area contributed by atoms with Crippen LogP contribution >= 0.6 is 11.6 Å². The summed E-state index contributed by atoms with van der Waals surface area (Å²) >= 11 is 6.53. The second-order valence-corrected chi connectivity index (χ2v) is 10.2. The number of benzene rings is 2. The molecule has 2 aliphatic rings. The van der Waals surface area contributed by atoms with Gasteiger partial charge in [-0.2, -0.15) is 0 Å². The molecule has 7 nitrogen and oxygen atoms in total. The van der Waals surface area contributed by atoms with Gasteiger partial charge in [0, 0.05) is 54.1 Å². The zero-order valence-electron chi connectivity index (χ0n) is 20.9. The minimum atomic E-state index is -2.85. The lowest BCUT2D eigenvalue weighted by atomic mass is 9.87. The summed E-state index contributed by atoms with van der Waals surface area (Å²) in [5.74, 6) is -4.25. The van der Waals surface area contributed by atoms with Crippen LogP contribution in [0.2, 0.25) is 5.02 Å². The van der Waals surface area contributed by atoms with E-state index in [2.05, 4.69) is 15.3 Å². The predicted octanol–water partition coefficient (Wildman–Crippen LogP) is 5.32. The van der Waals surface area contributed by atoms with Crippen LogP contribution in [-0.2, 0) is 9.59 Å². The van der Waals surface area contributed by atoms with Crippen LogP contribution in [0.15, 0.2) is 67.0 Å². The van der Waals surface area contributed by atoms with E-state index >= 15 is 0 Å². The molecular formula is C28H27ClF3N5O2. The molecule has 0 spiro atoms. The molecule has 204 valence electrons. The Kier molecular flexibility index (Phi) is 7.74. The van der Waals surface area contributed by atoms with Crippen molar-refractivity contribution < 1.29 is 22.8 Å². The van der Waals surface area contributed by atoms with Gasteiger partial charge in [-0.05, 0) is 49.6 Å². The first-order valence-electron chi connectivity index (χ1n) is 12.8. The maximum atomic E-state index is 14.5. The van der Waals surface area contributed by atoms with E-state index < -0.39 is 54.5 Å². The Hall–Kier alpha value is -3.66. The molecule has 5 rings (SSSR count). The lowest BCUT2D eigenvalue weighted by Gasteiger charge is -2.41. The Morgan fingerprint density at radius 2 is 1.79 bits per heavy atom. The van der Waals surface area contributed by atoms with Crippen LogP contribution in [0, 0.1) is 5.82 Å². The van der Waals surface area contributed by atoms with E-state index in [9.17, 15) is 22.8 Å². The summed E-state index contributed by atoms with van der Waals surface area (Å²) < 4.78 is 41.7. The lowest BCUT2D eigenvalue weighted by molar-refractivity contribution is -0.133. The number of amides is 2. The predicted molar refractivity (Wildman–Crippen MR) is 141 cm³/mol. The summed E-state index contributed by atoms with van der Waals surface area (Å²) in [6.45, 7) is 0.511. The molecule has 0 radical (unpaired) electrons. The number of nitrogens with zero attached hydrogens (tertiary/aromatic N) is 4. The molecule has 11 heteroatoms. The van der Waals surface area contributed by atoms with Crippen LogP contribution in [0.5, 0.6) is 0 Å². The van der Waals surface area contributed by atoms with Gasteiger partial charge in [-0.1, -0.05) is 35.9 Å². The Morgan fingerprint density at radius 1 is 1.05 bits per heavy atom. The van der Waals surface area contributed by atoms with Gasteiger partial charge in [0.05, 0.1) is 0 Å². The number of rotatable bonds is 7. The minimum absolute atomic E-state index is 0.138. The fourth-order valence-corrected chi connectivity index (χ4v) is 5.43. The molecule has 2 heterocycles. The molecule has 1 aliphatic heterocycles. The van der Waals surface area contributed by atoms with E-state index in [-0.39, 0.29) is 10.7 Å². The molecule has 2 amide bonds. The Morgan fingerprint density at radius 3 is 2.49 bits per heavy atom. The van der Waals surface area contributed by atoms with E-state index in [0.29, 0.717) is 24.5 Å². The molecule has 2 atom stereocenters. The van der Waals surface area contributed by atoms with Gasteiger partial charge in [-0.3, -0.25) is 14.5 Å². The van der Waals surface area contributed by atoms with E-state index in [0.717, 1.165) is 12.8 Å². The Bertz CT molecular complexity index is 1340. The van der Waals surface area contributed by atoms with Crippen LogP contribution in [0.3, 0.4) is 0 Å². The maximum Gasteiger partial charge on any atom is 0.252 e. The summed E-state index contributed by atoms with van der Waals surface area (Å²) in [5, 5.41) is 2.87. The van der Waals surface area contributed by atoms with Crippen LogP contribution < -0.4 is 15.1 Å². The van der Waals surface area contributed by atoms with Crippen molar-refractivity contribution in [3.05, 3.63) is 83.4 Å². The van der Waals surface area contributed by atoms with Gasteiger partial charge in [0.1, 0.15) is 17.9 Å². The molecule has 2 aromatic carbocycles. The van der Waals surface area contributed by atoms with Crippen molar-refractivity contribution in [2.24, 2.45) is 0 Å². The van der Waals surface area contributed by atoms with Gasteiger partial charge in [-0.15, -0.1) is 0 Å². The Balaban J connectivity index is 1.59. The van der Waals surface area contributed by atoms with Crippen molar-refractivity contribution in [3.63, 3.8) is 0 Å². The first-order valence-corrected chi connectivity index (χ1v) is 13.2. The second-order valence-electron chi connectivity index (χ2n) is 9.84. The zero-order valence-corrected chi connectivity index (χ0v) is 21.7. The van der Waals surface area contributed by atoms with Crippen molar-refractivity contribution in [2.75, 3.05) is 16.3 Å². The van der Waals surface area contributed by atoms with E-state index in [1.807, 2.05) is 0 Å². The van der Waals surface area contributed by atoms with Crippen LogP contribution in [-0.4, -0.2) is 46.3 Å². The molecule has 3 aromatic rings. The largest absolute Gasteiger partial charge is 0.351 e. The van der Waals surface area contributed by atoms with Crippen LogP contribution in [0.4, 0.5) is 24.8 Å². The number of carbonyl (C=O) groups is 2. The number of anilines is 2. The number of aromatic nitrogens is 2. The van der Waals surface area contributed by atoms with Gasteiger partial charge in [0.15, 0.2) is 0 Å². The summed E-state index contributed by atoms with van der Waals surface area (Å²) in [6.07, 6.45) is 4.18. The fraction of sp³-hybridized carbons (Fsp3) is 0.357. The molecule has 1 aromatic heterocycles. The monoisotopic (exact) mass is 557 g/mol. The molecule has 1 saturated heterocycles.